The van der Waals surface area contributed by atoms with E-state index in [9.17, 15) is 0 Å². The van der Waals surface area contributed by atoms with Crippen LogP contribution in [-0.2, 0) is 5.54 Å². The molecule has 2 saturated heterocycles. The molecule has 0 bridgehead atoms. The SMILES string of the molecule is CCCCN1CCN(C(CCC)(CN2CC[N]CC2)c2ccc3ccccc3c2)C(N(C)C)C1. The minimum absolute atomic E-state index is 0.00189. The molecule has 2 fully saturated rings. The molecule has 2 unspecified atom stereocenters. The molecule has 0 aromatic heterocycles. The number of hydrogen-bond acceptors (Lipinski definition) is 4. The number of nitrogens with zero attached hydrogens (tertiary/aromatic N) is 5. The van der Waals surface area contributed by atoms with Gasteiger partial charge in [0, 0.05) is 52.4 Å². The van der Waals surface area contributed by atoms with Gasteiger partial charge in [-0.3, -0.25) is 19.6 Å². The van der Waals surface area contributed by atoms with E-state index in [2.05, 4.69) is 95.3 Å². The maximum Gasteiger partial charge on any atom is 0.0756 e. The van der Waals surface area contributed by atoms with Gasteiger partial charge in [-0.2, -0.15) is 0 Å². The van der Waals surface area contributed by atoms with E-state index >= 15 is 0 Å². The normalized spacial score (nSPS) is 22.9. The lowest BCUT2D eigenvalue weighted by atomic mass is 9.80. The molecule has 2 aliphatic rings. The smallest absolute Gasteiger partial charge is 0.0756 e. The molecule has 5 heteroatoms. The van der Waals surface area contributed by atoms with Crippen molar-refractivity contribution in [2.75, 3.05) is 73.0 Å². The first-order chi connectivity index (χ1) is 16.6. The fourth-order valence-corrected chi connectivity index (χ4v) is 6.13. The molecule has 187 valence electrons. The molecule has 0 spiro atoms. The van der Waals surface area contributed by atoms with Crippen LogP contribution >= 0.6 is 0 Å². The highest BCUT2D eigenvalue weighted by atomic mass is 15.4. The van der Waals surface area contributed by atoms with E-state index in [1.165, 1.54) is 55.1 Å². The van der Waals surface area contributed by atoms with Crippen molar-refractivity contribution in [1.29, 1.82) is 0 Å². The van der Waals surface area contributed by atoms with Crippen LogP contribution in [-0.4, -0.2) is 98.8 Å². The molecule has 2 heterocycles. The number of rotatable bonds is 10. The monoisotopic (exact) mass is 464 g/mol. The summed E-state index contributed by atoms with van der Waals surface area (Å²) in [5, 5.41) is 7.33. The molecule has 2 aromatic carbocycles. The van der Waals surface area contributed by atoms with Crippen LogP contribution in [0.2, 0.25) is 0 Å². The molecule has 0 N–H and O–H groups in total. The third kappa shape index (κ3) is 5.66. The van der Waals surface area contributed by atoms with E-state index in [0.717, 1.165) is 45.8 Å². The summed E-state index contributed by atoms with van der Waals surface area (Å²) in [4.78, 5) is 10.7. The fraction of sp³-hybridized carbons (Fsp3) is 0.655. The van der Waals surface area contributed by atoms with Gasteiger partial charge < -0.3 is 0 Å². The molecule has 0 saturated carbocycles. The number of benzene rings is 2. The third-order valence-corrected chi connectivity index (χ3v) is 8.00. The zero-order chi connectivity index (χ0) is 24.0. The summed E-state index contributed by atoms with van der Waals surface area (Å²) >= 11 is 0. The Morgan fingerprint density at radius 3 is 2.38 bits per heavy atom. The van der Waals surface area contributed by atoms with Gasteiger partial charge in [-0.05, 0) is 55.9 Å². The van der Waals surface area contributed by atoms with Crippen LogP contribution in [0, 0.1) is 0 Å². The highest BCUT2D eigenvalue weighted by molar-refractivity contribution is 5.83. The van der Waals surface area contributed by atoms with Crippen LogP contribution in [0.4, 0.5) is 0 Å². The highest BCUT2D eigenvalue weighted by Gasteiger charge is 2.45. The maximum absolute atomic E-state index is 4.64. The Kier molecular flexibility index (Phi) is 9.00. The zero-order valence-electron chi connectivity index (χ0n) is 22.0. The van der Waals surface area contributed by atoms with Crippen LogP contribution in [0.3, 0.4) is 0 Å². The largest absolute Gasteiger partial charge is 0.299 e. The van der Waals surface area contributed by atoms with E-state index < -0.39 is 0 Å². The molecule has 2 aromatic rings. The second-order valence-electron chi connectivity index (χ2n) is 10.6. The number of unbranched alkanes of at least 4 members (excludes halogenated alkanes) is 1. The topological polar surface area (TPSA) is 27.1 Å². The van der Waals surface area contributed by atoms with Crippen LogP contribution in [0.25, 0.3) is 10.8 Å². The lowest BCUT2D eigenvalue weighted by Gasteiger charge is -2.55. The van der Waals surface area contributed by atoms with Crippen LogP contribution in [0.15, 0.2) is 42.5 Å². The molecule has 34 heavy (non-hydrogen) atoms. The molecular formula is C29H46N5. The summed E-state index contributed by atoms with van der Waals surface area (Å²) < 4.78 is 0. The van der Waals surface area contributed by atoms with Crippen molar-refractivity contribution in [2.24, 2.45) is 0 Å². The van der Waals surface area contributed by atoms with E-state index in [-0.39, 0.29) is 5.54 Å². The van der Waals surface area contributed by atoms with Crippen LogP contribution in [0.5, 0.6) is 0 Å². The van der Waals surface area contributed by atoms with Crippen molar-refractivity contribution in [3.05, 3.63) is 48.0 Å². The van der Waals surface area contributed by atoms with Crippen molar-refractivity contribution in [2.45, 2.75) is 51.2 Å². The summed E-state index contributed by atoms with van der Waals surface area (Å²) in [6, 6.07) is 16.1. The maximum atomic E-state index is 4.64. The number of fused-ring (bicyclic) bond motifs is 1. The molecule has 0 amide bonds. The minimum atomic E-state index is 0.00189. The lowest BCUT2D eigenvalue weighted by molar-refractivity contribution is -0.0876. The first kappa shape index (κ1) is 25.6. The van der Waals surface area contributed by atoms with E-state index in [1.807, 2.05) is 0 Å². The van der Waals surface area contributed by atoms with Crippen LogP contribution < -0.4 is 5.32 Å². The second-order valence-corrected chi connectivity index (χ2v) is 10.6. The van der Waals surface area contributed by atoms with E-state index in [0.29, 0.717) is 6.17 Å². The Labute approximate surface area is 208 Å². The van der Waals surface area contributed by atoms with Gasteiger partial charge >= 0.3 is 0 Å². The molecule has 0 aliphatic carbocycles. The highest BCUT2D eigenvalue weighted by Crippen LogP contribution is 2.39. The van der Waals surface area contributed by atoms with E-state index in [4.69, 9.17) is 0 Å². The fourth-order valence-electron chi connectivity index (χ4n) is 6.13. The van der Waals surface area contributed by atoms with Gasteiger partial charge in [0.25, 0.3) is 0 Å². The number of piperazine rings is 2. The molecule has 1 radical (unpaired) electrons. The van der Waals surface area contributed by atoms with E-state index in [1.54, 1.807) is 0 Å². The van der Waals surface area contributed by atoms with Gasteiger partial charge in [0.15, 0.2) is 0 Å². The van der Waals surface area contributed by atoms with Crippen molar-refractivity contribution in [3.63, 3.8) is 0 Å². The third-order valence-electron chi connectivity index (χ3n) is 8.00. The summed E-state index contributed by atoms with van der Waals surface area (Å²) in [5.41, 5.74) is 1.49. The van der Waals surface area contributed by atoms with Gasteiger partial charge in [-0.1, -0.05) is 63.1 Å². The number of likely N-dealkylation sites (N-methyl/N-ethyl adjacent to an activating group) is 1. The molecule has 2 aliphatic heterocycles. The average molecular weight is 465 g/mol. The lowest BCUT2D eigenvalue weighted by Crippen LogP contribution is -2.67. The Balaban J connectivity index is 1.76. The van der Waals surface area contributed by atoms with Crippen molar-refractivity contribution in [3.8, 4) is 0 Å². The van der Waals surface area contributed by atoms with Crippen molar-refractivity contribution in [1.82, 2.24) is 24.9 Å². The summed E-state index contributed by atoms with van der Waals surface area (Å²) in [5.74, 6) is 0. The first-order valence-electron chi connectivity index (χ1n) is 13.6. The van der Waals surface area contributed by atoms with Gasteiger partial charge in [0.1, 0.15) is 0 Å². The predicted molar refractivity (Wildman–Crippen MR) is 144 cm³/mol. The minimum Gasteiger partial charge on any atom is -0.299 e. The van der Waals surface area contributed by atoms with Crippen LogP contribution in [0.1, 0.15) is 45.1 Å². The Bertz CT molecular complexity index is 893. The Hall–Kier alpha value is -1.50. The Morgan fingerprint density at radius 1 is 0.912 bits per heavy atom. The Morgan fingerprint density at radius 2 is 1.68 bits per heavy atom. The summed E-state index contributed by atoms with van der Waals surface area (Å²) in [6.45, 7) is 14.5. The van der Waals surface area contributed by atoms with Gasteiger partial charge in [-0.25, -0.2) is 5.32 Å². The zero-order valence-corrected chi connectivity index (χ0v) is 22.0. The van der Waals surface area contributed by atoms with Crippen molar-refractivity contribution >= 4 is 10.8 Å². The standard InChI is InChI=1S/C29H46N5/c1-5-7-17-32-20-21-34(28(23-32)31(3)4)29(14-6-2,24-33-18-15-30-16-19-33)27-13-12-25-10-8-9-11-26(25)22-27/h8-13,22,28H,5-7,14-21,23-24H2,1-4H3. The van der Waals surface area contributed by atoms with Gasteiger partial charge in [0.2, 0.25) is 0 Å². The number of hydrogen-bond donors (Lipinski definition) is 0. The van der Waals surface area contributed by atoms with Gasteiger partial charge in [-0.15, -0.1) is 0 Å². The molecular weight excluding hydrogens is 418 g/mol. The molecule has 4 rings (SSSR count). The quantitative estimate of drug-likeness (QED) is 0.530. The van der Waals surface area contributed by atoms with Gasteiger partial charge in [0.05, 0.1) is 11.7 Å². The molecule has 2 atom stereocenters. The second kappa shape index (κ2) is 12.0. The summed E-state index contributed by atoms with van der Waals surface area (Å²) in [7, 11) is 4.55. The predicted octanol–water partition coefficient (Wildman–Crippen LogP) is 4.06. The summed E-state index contributed by atoms with van der Waals surface area (Å²) in [6.07, 6.45) is 5.34. The first-order valence-corrected chi connectivity index (χ1v) is 13.6. The molecule has 5 nitrogen and oxygen atoms in total. The van der Waals surface area contributed by atoms with Crippen molar-refractivity contribution < 1.29 is 0 Å². The average Bonchev–Trinajstić information content (AvgIpc) is 2.87.